The fraction of sp³-hybridized carbons (Fsp3) is 0.880. The SMILES string of the molecule is CC(C)[C@@H]1CC[C@]2(C)C1=CC[C@]1(C)[C@H]3CC[C@@]4(C)O[C@@H]4C(=O)[C@]3(C)[C@@H](O)C[C@H]12. The van der Waals surface area contributed by atoms with Crippen molar-refractivity contribution in [3.8, 4) is 0 Å². The number of ether oxygens (including phenoxy) is 1. The number of epoxide rings is 1. The Bertz CT molecular complexity index is 755. The fourth-order valence-corrected chi connectivity index (χ4v) is 8.57. The van der Waals surface area contributed by atoms with Crippen LogP contribution in [0.3, 0.4) is 0 Å². The van der Waals surface area contributed by atoms with Gasteiger partial charge in [0.1, 0.15) is 6.10 Å². The van der Waals surface area contributed by atoms with Crippen LogP contribution in [0.15, 0.2) is 11.6 Å². The Morgan fingerprint density at radius 1 is 1.11 bits per heavy atom. The number of carbonyl (C=O) groups excluding carboxylic acids is 1. The Hall–Kier alpha value is -0.670. The van der Waals surface area contributed by atoms with E-state index in [1.54, 1.807) is 5.57 Å². The maximum Gasteiger partial charge on any atom is 0.173 e. The van der Waals surface area contributed by atoms with Crippen molar-refractivity contribution in [2.75, 3.05) is 0 Å². The molecular weight excluding hydrogens is 348 g/mol. The minimum absolute atomic E-state index is 0.0842. The number of ketones is 1. The molecule has 3 nitrogen and oxygen atoms in total. The number of aliphatic hydroxyl groups is 1. The lowest BCUT2D eigenvalue weighted by Gasteiger charge is -2.63. The fourth-order valence-electron chi connectivity index (χ4n) is 8.57. The maximum absolute atomic E-state index is 13.5. The van der Waals surface area contributed by atoms with Gasteiger partial charge in [-0.05, 0) is 86.9 Å². The molecule has 156 valence electrons. The van der Waals surface area contributed by atoms with E-state index < -0.39 is 11.5 Å². The van der Waals surface area contributed by atoms with Crippen LogP contribution < -0.4 is 0 Å². The van der Waals surface area contributed by atoms with Crippen LogP contribution in [-0.4, -0.2) is 28.7 Å². The van der Waals surface area contributed by atoms with Crippen molar-refractivity contribution >= 4 is 5.78 Å². The van der Waals surface area contributed by atoms with Crippen LogP contribution in [0.1, 0.15) is 80.1 Å². The number of Topliss-reactive ketones (excluding diaryl/α,β-unsaturated/α-hetero) is 1. The highest BCUT2D eigenvalue weighted by molar-refractivity contribution is 5.93. The van der Waals surface area contributed by atoms with E-state index in [0.29, 0.717) is 17.8 Å². The number of rotatable bonds is 1. The quantitative estimate of drug-likeness (QED) is 0.514. The summed E-state index contributed by atoms with van der Waals surface area (Å²) >= 11 is 0. The molecule has 0 spiro atoms. The van der Waals surface area contributed by atoms with Crippen LogP contribution in [0.2, 0.25) is 0 Å². The number of hydrogen-bond acceptors (Lipinski definition) is 3. The molecule has 4 fully saturated rings. The summed E-state index contributed by atoms with van der Waals surface area (Å²) in [4.78, 5) is 13.5. The highest BCUT2D eigenvalue weighted by Crippen LogP contribution is 2.71. The molecule has 9 atom stereocenters. The Morgan fingerprint density at radius 2 is 1.82 bits per heavy atom. The van der Waals surface area contributed by atoms with Crippen LogP contribution in [0.25, 0.3) is 0 Å². The second-order valence-electron chi connectivity index (χ2n) is 12.0. The molecule has 0 aromatic rings. The summed E-state index contributed by atoms with van der Waals surface area (Å²) in [5.41, 5.74) is 0.989. The summed E-state index contributed by atoms with van der Waals surface area (Å²) in [5.74, 6) is 2.25. The summed E-state index contributed by atoms with van der Waals surface area (Å²) in [6, 6.07) is 0. The maximum atomic E-state index is 13.5. The van der Waals surface area contributed by atoms with Crippen molar-refractivity contribution in [2.24, 2.45) is 39.9 Å². The average molecular weight is 387 g/mol. The first-order valence-electron chi connectivity index (χ1n) is 11.6. The molecule has 1 N–H and O–H groups in total. The van der Waals surface area contributed by atoms with Gasteiger partial charge >= 0.3 is 0 Å². The van der Waals surface area contributed by atoms with Crippen molar-refractivity contribution in [3.63, 3.8) is 0 Å². The van der Waals surface area contributed by atoms with E-state index in [0.717, 1.165) is 25.7 Å². The predicted molar refractivity (Wildman–Crippen MR) is 110 cm³/mol. The largest absolute Gasteiger partial charge is 0.392 e. The second kappa shape index (κ2) is 5.52. The van der Waals surface area contributed by atoms with E-state index in [9.17, 15) is 9.90 Å². The van der Waals surface area contributed by atoms with Crippen molar-refractivity contribution in [1.82, 2.24) is 0 Å². The number of aliphatic hydroxyl groups excluding tert-OH is 1. The van der Waals surface area contributed by atoms with Gasteiger partial charge in [0, 0.05) is 0 Å². The molecule has 1 heterocycles. The first-order chi connectivity index (χ1) is 13.0. The summed E-state index contributed by atoms with van der Waals surface area (Å²) in [5, 5.41) is 11.4. The van der Waals surface area contributed by atoms with Crippen molar-refractivity contribution in [2.45, 2.75) is 97.9 Å². The van der Waals surface area contributed by atoms with E-state index in [2.05, 4.69) is 47.6 Å². The Balaban J connectivity index is 1.60. The molecule has 0 amide bonds. The highest BCUT2D eigenvalue weighted by Gasteiger charge is 2.72. The predicted octanol–water partition coefficient (Wildman–Crippen LogP) is 4.92. The molecule has 28 heavy (non-hydrogen) atoms. The van der Waals surface area contributed by atoms with Gasteiger partial charge in [-0.1, -0.05) is 39.3 Å². The second-order valence-corrected chi connectivity index (χ2v) is 12.0. The highest BCUT2D eigenvalue weighted by atomic mass is 16.6. The Labute approximate surface area is 170 Å². The molecule has 3 heteroatoms. The third-order valence-electron chi connectivity index (χ3n) is 10.4. The molecular formula is C25H38O3. The first kappa shape index (κ1) is 19.3. The summed E-state index contributed by atoms with van der Waals surface area (Å²) < 4.78 is 5.85. The zero-order chi connectivity index (χ0) is 20.3. The smallest absolute Gasteiger partial charge is 0.173 e. The third-order valence-corrected chi connectivity index (χ3v) is 10.4. The van der Waals surface area contributed by atoms with Gasteiger partial charge in [0.15, 0.2) is 5.78 Å². The molecule has 1 saturated heterocycles. The molecule has 1 aliphatic heterocycles. The normalized spacial score (nSPS) is 57.6. The molecule has 0 aromatic carbocycles. The molecule has 5 aliphatic rings. The van der Waals surface area contributed by atoms with Crippen molar-refractivity contribution in [1.29, 1.82) is 0 Å². The van der Waals surface area contributed by atoms with Gasteiger partial charge in [0.25, 0.3) is 0 Å². The van der Waals surface area contributed by atoms with Gasteiger partial charge in [-0.3, -0.25) is 4.79 Å². The van der Waals surface area contributed by atoms with Crippen molar-refractivity contribution < 1.29 is 14.6 Å². The monoisotopic (exact) mass is 386 g/mol. The molecule has 0 radical (unpaired) electrons. The molecule has 4 aliphatic carbocycles. The topological polar surface area (TPSA) is 49.8 Å². The van der Waals surface area contributed by atoms with Crippen molar-refractivity contribution in [3.05, 3.63) is 11.6 Å². The minimum atomic E-state index is -0.665. The van der Waals surface area contributed by atoms with E-state index in [1.165, 1.54) is 12.8 Å². The van der Waals surface area contributed by atoms with E-state index in [-0.39, 0.29) is 34.2 Å². The number of carbonyl (C=O) groups is 1. The van der Waals surface area contributed by atoms with Gasteiger partial charge < -0.3 is 9.84 Å². The lowest BCUT2D eigenvalue weighted by atomic mass is 9.41. The van der Waals surface area contributed by atoms with Gasteiger partial charge in [-0.25, -0.2) is 0 Å². The van der Waals surface area contributed by atoms with Crippen LogP contribution in [0.4, 0.5) is 0 Å². The zero-order valence-corrected chi connectivity index (χ0v) is 18.5. The minimum Gasteiger partial charge on any atom is -0.392 e. The zero-order valence-electron chi connectivity index (χ0n) is 18.5. The molecule has 5 rings (SSSR count). The number of hydrogen-bond donors (Lipinski definition) is 1. The Kier molecular flexibility index (Phi) is 3.80. The van der Waals surface area contributed by atoms with Gasteiger partial charge in [-0.2, -0.15) is 0 Å². The molecule has 0 aromatic heterocycles. The lowest BCUT2D eigenvalue weighted by Crippen LogP contribution is -2.62. The molecule has 0 bridgehead atoms. The standard InChI is InChI=1S/C25H38O3/c1-14(2)15-7-10-22(3)16(15)8-11-23(4)17-9-12-24(5)21(28-24)20(27)25(17,6)19(26)13-18(22)23/h8,14-15,17-19,21,26H,7,9-13H2,1-6H3/t15-,17+,18-,19-,21+,22+,23+,24+,25-/m0/s1. The van der Waals surface area contributed by atoms with Gasteiger partial charge in [0.2, 0.25) is 0 Å². The van der Waals surface area contributed by atoms with E-state index >= 15 is 0 Å². The van der Waals surface area contributed by atoms with Gasteiger partial charge in [-0.15, -0.1) is 0 Å². The number of allylic oxidation sites excluding steroid dienone is 2. The first-order valence-corrected chi connectivity index (χ1v) is 11.6. The number of fused-ring (bicyclic) bond motifs is 6. The molecule has 3 saturated carbocycles. The van der Waals surface area contributed by atoms with E-state index in [4.69, 9.17) is 4.74 Å². The summed E-state index contributed by atoms with van der Waals surface area (Å²) in [6.45, 7) is 13.8. The summed E-state index contributed by atoms with van der Waals surface area (Å²) in [6.07, 6.45) is 8.00. The average Bonchev–Trinajstić information content (AvgIpc) is 3.17. The van der Waals surface area contributed by atoms with Crippen LogP contribution in [0.5, 0.6) is 0 Å². The third kappa shape index (κ3) is 2.11. The molecule has 0 unspecified atom stereocenters. The van der Waals surface area contributed by atoms with Gasteiger partial charge in [0.05, 0.1) is 17.1 Å². The van der Waals surface area contributed by atoms with Crippen LogP contribution in [0, 0.1) is 39.9 Å². The Morgan fingerprint density at radius 3 is 2.50 bits per heavy atom. The lowest BCUT2D eigenvalue weighted by molar-refractivity contribution is -0.180. The van der Waals surface area contributed by atoms with Crippen LogP contribution >= 0.6 is 0 Å². The van der Waals surface area contributed by atoms with Crippen LogP contribution in [-0.2, 0) is 9.53 Å². The van der Waals surface area contributed by atoms with E-state index in [1.807, 2.05) is 0 Å². The summed E-state index contributed by atoms with van der Waals surface area (Å²) in [7, 11) is 0.